The Hall–Kier alpha value is -2.80. The van der Waals surface area contributed by atoms with Gasteiger partial charge in [-0.3, -0.25) is 0 Å². The van der Waals surface area contributed by atoms with Gasteiger partial charge in [-0.15, -0.1) is 0 Å². The van der Waals surface area contributed by atoms with Gasteiger partial charge in [0.15, 0.2) is 0 Å². The van der Waals surface area contributed by atoms with Crippen molar-refractivity contribution >= 4 is 38.8 Å². The molecule has 1 nitrogen and oxygen atoms in total. The van der Waals surface area contributed by atoms with E-state index in [1.165, 1.54) is 32.7 Å². The second kappa shape index (κ2) is 4.88. The molecular weight excluding hydrogens is 268 g/mol. The summed E-state index contributed by atoms with van der Waals surface area (Å²) in [4.78, 5) is 0. The van der Waals surface area contributed by atoms with Crippen molar-refractivity contribution < 1.29 is 4.42 Å². The highest BCUT2D eigenvalue weighted by Crippen LogP contribution is 2.37. The van der Waals surface area contributed by atoms with Crippen LogP contribution >= 0.6 is 0 Å². The van der Waals surface area contributed by atoms with E-state index in [9.17, 15) is 0 Å². The van der Waals surface area contributed by atoms with Crippen LogP contribution in [-0.2, 0) is 0 Å². The Morgan fingerprint density at radius 2 is 1.68 bits per heavy atom. The predicted molar refractivity (Wildman–Crippen MR) is 95.2 cm³/mol. The van der Waals surface area contributed by atoms with Gasteiger partial charge in [0, 0.05) is 10.8 Å². The third-order valence-electron chi connectivity index (χ3n) is 4.24. The first-order valence-electron chi connectivity index (χ1n) is 7.42. The molecule has 0 unspecified atom stereocenters. The fourth-order valence-electron chi connectivity index (χ4n) is 3.16. The first-order chi connectivity index (χ1) is 10.8. The van der Waals surface area contributed by atoms with Gasteiger partial charge < -0.3 is 4.42 Å². The van der Waals surface area contributed by atoms with Gasteiger partial charge in [0.25, 0.3) is 0 Å². The van der Waals surface area contributed by atoms with Crippen LogP contribution in [0.4, 0.5) is 0 Å². The summed E-state index contributed by atoms with van der Waals surface area (Å²) >= 11 is 0. The Labute approximate surface area is 129 Å². The van der Waals surface area contributed by atoms with Gasteiger partial charge in [-0.2, -0.15) is 0 Å². The Morgan fingerprint density at radius 3 is 2.55 bits per heavy atom. The molecule has 0 aliphatic heterocycles. The Morgan fingerprint density at radius 1 is 0.909 bits per heavy atom. The monoisotopic (exact) mass is 284 g/mol. The number of rotatable bonds is 2. The third-order valence-corrected chi connectivity index (χ3v) is 4.24. The molecule has 0 saturated heterocycles. The fourth-order valence-corrected chi connectivity index (χ4v) is 3.16. The van der Waals surface area contributed by atoms with Crippen LogP contribution in [-0.4, -0.2) is 0 Å². The molecule has 0 aliphatic carbocycles. The summed E-state index contributed by atoms with van der Waals surface area (Å²) in [7, 11) is 0. The second-order valence-corrected chi connectivity index (χ2v) is 5.51. The van der Waals surface area contributed by atoms with Gasteiger partial charge in [-0.05, 0) is 41.0 Å². The van der Waals surface area contributed by atoms with Crippen molar-refractivity contribution in [2.75, 3.05) is 0 Å². The Kier molecular flexibility index (Phi) is 2.87. The molecule has 1 aromatic heterocycles. The van der Waals surface area contributed by atoms with Gasteiger partial charge in [0.1, 0.15) is 11.2 Å². The zero-order chi connectivity index (χ0) is 15.1. The molecule has 3 aromatic carbocycles. The fraction of sp³-hybridized carbons (Fsp3) is 0.0476. The van der Waals surface area contributed by atoms with Crippen LogP contribution < -0.4 is 0 Å². The maximum atomic E-state index is 6.06. The van der Waals surface area contributed by atoms with Crippen LogP contribution in [0.3, 0.4) is 0 Å². The number of benzene rings is 3. The normalized spacial score (nSPS) is 11.9. The van der Waals surface area contributed by atoms with E-state index in [0.29, 0.717) is 0 Å². The Balaban J connectivity index is 2.20. The number of furan rings is 1. The standard InChI is InChI=1S/C21H16O/c1-3-4-7-15-10-12-18-20(14(15)2)21-17-9-6-5-8-16(17)11-13-19(21)22-18/h3-13H,1H2,2H3/b7-4-. The van der Waals surface area contributed by atoms with Crippen LogP contribution in [0.1, 0.15) is 11.1 Å². The molecular formula is C21H16O. The summed E-state index contributed by atoms with van der Waals surface area (Å²) < 4.78 is 6.06. The zero-order valence-electron chi connectivity index (χ0n) is 12.5. The van der Waals surface area contributed by atoms with Crippen molar-refractivity contribution in [2.45, 2.75) is 6.92 Å². The highest BCUT2D eigenvalue weighted by molar-refractivity contribution is 6.20. The van der Waals surface area contributed by atoms with Gasteiger partial charge in [0.2, 0.25) is 0 Å². The molecule has 0 atom stereocenters. The number of aryl methyl sites for hydroxylation is 1. The molecule has 0 amide bonds. The molecule has 1 heterocycles. The van der Waals surface area contributed by atoms with E-state index in [1.807, 2.05) is 6.08 Å². The number of hydrogen-bond donors (Lipinski definition) is 0. The van der Waals surface area contributed by atoms with E-state index in [2.05, 4.69) is 68.1 Å². The highest BCUT2D eigenvalue weighted by Gasteiger charge is 2.13. The van der Waals surface area contributed by atoms with Gasteiger partial charge in [-0.25, -0.2) is 0 Å². The van der Waals surface area contributed by atoms with Crippen molar-refractivity contribution in [3.8, 4) is 0 Å². The summed E-state index contributed by atoms with van der Waals surface area (Å²) in [6.07, 6.45) is 5.85. The average Bonchev–Trinajstić information content (AvgIpc) is 2.94. The summed E-state index contributed by atoms with van der Waals surface area (Å²) in [5.74, 6) is 0. The molecule has 0 bridgehead atoms. The zero-order valence-corrected chi connectivity index (χ0v) is 12.5. The Bertz CT molecular complexity index is 1050. The van der Waals surface area contributed by atoms with E-state index >= 15 is 0 Å². The van der Waals surface area contributed by atoms with Gasteiger partial charge in [0.05, 0.1) is 0 Å². The van der Waals surface area contributed by atoms with Crippen LogP contribution in [0.25, 0.3) is 38.8 Å². The van der Waals surface area contributed by atoms with Crippen molar-refractivity contribution in [3.05, 3.63) is 78.4 Å². The molecule has 0 saturated carbocycles. The molecule has 0 radical (unpaired) electrons. The number of fused-ring (bicyclic) bond motifs is 5. The molecule has 22 heavy (non-hydrogen) atoms. The SMILES string of the molecule is C=C/C=C\c1ccc2oc3ccc4ccccc4c3c2c1C. The first-order valence-corrected chi connectivity index (χ1v) is 7.42. The molecule has 106 valence electrons. The van der Waals surface area contributed by atoms with Crippen LogP contribution in [0.5, 0.6) is 0 Å². The summed E-state index contributed by atoms with van der Waals surface area (Å²) in [5.41, 5.74) is 4.33. The maximum absolute atomic E-state index is 6.06. The van der Waals surface area contributed by atoms with E-state index in [0.717, 1.165) is 11.2 Å². The van der Waals surface area contributed by atoms with Crippen LogP contribution in [0, 0.1) is 6.92 Å². The molecule has 0 spiro atoms. The van der Waals surface area contributed by atoms with Crippen LogP contribution in [0.15, 0.2) is 71.7 Å². The van der Waals surface area contributed by atoms with Crippen molar-refractivity contribution in [1.29, 1.82) is 0 Å². The van der Waals surface area contributed by atoms with Crippen LogP contribution in [0.2, 0.25) is 0 Å². The largest absolute Gasteiger partial charge is 0.456 e. The lowest BCUT2D eigenvalue weighted by molar-refractivity contribution is 0.669. The first kappa shape index (κ1) is 12.9. The molecule has 4 aromatic rings. The minimum atomic E-state index is 0.944. The van der Waals surface area contributed by atoms with Crippen molar-refractivity contribution in [3.63, 3.8) is 0 Å². The highest BCUT2D eigenvalue weighted by atomic mass is 16.3. The quantitative estimate of drug-likeness (QED) is 0.397. The van der Waals surface area contributed by atoms with Gasteiger partial charge >= 0.3 is 0 Å². The molecule has 0 aliphatic rings. The average molecular weight is 284 g/mol. The third kappa shape index (κ3) is 1.79. The van der Waals surface area contributed by atoms with Gasteiger partial charge in [-0.1, -0.05) is 61.2 Å². The molecule has 0 fully saturated rings. The smallest absolute Gasteiger partial charge is 0.136 e. The predicted octanol–water partition coefficient (Wildman–Crippen LogP) is 6.25. The van der Waals surface area contributed by atoms with E-state index in [1.54, 1.807) is 6.08 Å². The summed E-state index contributed by atoms with van der Waals surface area (Å²) in [5, 5.41) is 4.90. The topological polar surface area (TPSA) is 13.1 Å². The van der Waals surface area contributed by atoms with E-state index in [4.69, 9.17) is 4.42 Å². The second-order valence-electron chi connectivity index (χ2n) is 5.51. The van der Waals surface area contributed by atoms with E-state index < -0.39 is 0 Å². The van der Waals surface area contributed by atoms with Crippen molar-refractivity contribution in [2.24, 2.45) is 0 Å². The van der Waals surface area contributed by atoms with E-state index in [-0.39, 0.29) is 0 Å². The minimum Gasteiger partial charge on any atom is -0.456 e. The number of hydrogen-bond acceptors (Lipinski definition) is 1. The molecule has 4 rings (SSSR count). The maximum Gasteiger partial charge on any atom is 0.136 e. The lowest BCUT2D eigenvalue weighted by atomic mass is 9.98. The molecule has 0 N–H and O–H groups in total. The summed E-state index contributed by atoms with van der Waals surface area (Å²) in [6.45, 7) is 5.90. The summed E-state index contributed by atoms with van der Waals surface area (Å²) in [6, 6.07) is 16.8. The molecule has 1 heteroatoms. The lowest BCUT2D eigenvalue weighted by Gasteiger charge is -2.03. The number of allylic oxidation sites excluding steroid dienone is 2. The minimum absolute atomic E-state index is 0.944. The van der Waals surface area contributed by atoms with Crippen molar-refractivity contribution in [1.82, 2.24) is 0 Å². The lowest BCUT2D eigenvalue weighted by Crippen LogP contribution is -1.82.